The van der Waals surface area contributed by atoms with Crippen molar-refractivity contribution in [3.8, 4) is 6.07 Å². The summed E-state index contributed by atoms with van der Waals surface area (Å²) in [6.07, 6.45) is 0.272. The van der Waals surface area contributed by atoms with E-state index < -0.39 is 0 Å². The normalized spacial score (nSPS) is 28.0. The van der Waals surface area contributed by atoms with Crippen LogP contribution in [0.2, 0.25) is 0 Å². The van der Waals surface area contributed by atoms with Crippen molar-refractivity contribution < 1.29 is 4.79 Å². The Morgan fingerprint density at radius 3 is 2.50 bits per heavy atom. The molecule has 1 fully saturated rings. The van der Waals surface area contributed by atoms with Gasteiger partial charge in [0, 0.05) is 18.1 Å². The van der Waals surface area contributed by atoms with Crippen molar-refractivity contribution in [1.29, 1.82) is 5.26 Å². The largest absolute Gasteiger partial charge is 0.332 e. The number of piperazine rings is 1. The first-order chi connectivity index (χ1) is 7.29. The van der Waals surface area contributed by atoms with E-state index in [-0.39, 0.29) is 30.0 Å². The van der Waals surface area contributed by atoms with E-state index in [0.717, 1.165) is 6.54 Å². The molecule has 16 heavy (non-hydrogen) atoms. The van der Waals surface area contributed by atoms with Gasteiger partial charge in [-0.15, -0.1) is 0 Å². The third kappa shape index (κ3) is 2.35. The molecule has 1 amide bonds. The molecular weight excluding hydrogens is 202 g/mol. The van der Waals surface area contributed by atoms with Crippen LogP contribution in [0, 0.1) is 11.3 Å². The highest BCUT2D eigenvalue weighted by Crippen LogP contribution is 2.25. The molecule has 0 N–H and O–H groups in total. The lowest BCUT2D eigenvalue weighted by atomic mass is 9.96. The zero-order valence-electron chi connectivity index (χ0n) is 10.8. The van der Waals surface area contributed by atoms with Crippen molar-refractivity contribution in [3.63, 3.8) is 0 Å². The van der Waals surface area contributed by atoms with E-state index in [2.05, 4.69) is 13.0 Å². The number of nitriles is 1. The van der Waals surface area contributed by atoms with E-state index >= 15 is 0 Å². The van der Waals surface area contributed by atoms with Gasteiger partial charge in [0.2, 0.25) is 5.91 Å². The summed E-state index contributed by atoms with van der Waals surface area (Å²) in [5.41, 5.74) is -0.175. The average molecular weight is 223 g/mol. The van der Waals surface area contributed by atoms with E-state index in [1.807, 2.05) is 37.6 Å². The van der Waals surface area contributed by atoms with Crippen LogP contribution in [-0.4, -0.2) is 46.9 Å². The van der Waals surface area contributed by atoms with Crippen LogP contribution in [0.3, 0.4) is 0 Å². The van der Waals surface area contributed by atoms with Crippen molar-refractivity contribution >= 4 is 5.91 Å². The minimum Gasteiger partial charge on any atom is -0.332 e. The summed E-state index contributed by atoms with van der Waals surface area (Å²) >= 11 is 0. The molecule has 0 radical (unpaired) electrons. The molecule has 1 rings (SSSR count). The Labute approximate surface area is 97.8 Å². The molecule has 0 aliphatic carbocycles. The van der Waals surface area contributed by atoms with Gasteiger partial charge in [-0.1, -0.05) is 0 Å². The second kappa shape index (κ2) is 4.42. The Bertz CT molecular complexity index is 313. The minimum absolute atomic E-state index is 0.0790. The van der Waals surface area contributed by atoms with Crippen LogP contribution >= 0.6 is 0 Å². The van der Waals surface area contributed by atoms with Gasteiger partial charge < -0.3 is 4.90 Å². The van der Waals surface area contributed by atoms with E-state index in [9.17, 15) is 4.79 Å². The number of hydrogen-bond acceptors (Lipinski definition) is 3. The van der Waals surface area contributed by atoms with E-state index in [1.165, 1.54) is 0 Å². The van der Waals surface area contributed by atoms with Crippen molar-refractivity contribution in [3.05, 3.63) is 0 Å². The highest BCUT2D eigenvalue weighted by Gasteiger charge is 2.41. The van der Waals surface area contributed by atoms with Gasteiger partial charge in [-0.3, -0.25) is 9.69 Å². The smallest absolute Gasteiger partial charge is 0.241 e. The Balaban J connectivity index is 2.95. The Morgan fingerprint density at radius 1 is 1.50 bits per heavy atom. The molecule has 0 aromatic rings. The second-order valence-corrected chi connectivity index (χ2v) is 5.55. The van der Waals surface area contributed by atoms with Gasteiger partial charge in [-0.25, -0.2) is 0 Å². The first-order valence-corrected chi connectivity index (χ1v) is 5.69. The van der Waals surface area contributed by atoms with Gasteiger partial charge in [0.15, 0.2) is 0 Å². The summed E-state index contributed by atoms with van der Waals surface area (Å²) in [6.45, 7) is 9.00. The fourth-order valence-electron chi connectivity index (χ4n) is 2.51. The van der Waals surface area contributed by atoms with Crippen LogP contribution in [0.5, 0.6) is 0 Å². The molecule has 2 unspecified atom stereocenters. The summed E-state index contributed by atoms with van der Waals surface area (Å²) < 4.78 is 0. The molecule has 1 aliphatic heterocycles. The fraction of sp³-hybridized carbons (Fsp3) is 0.833. The molecule has 0 bridgehead atoms. The van der Waals surface area contributed by atoms with Crippen molar-refractivity contribution in [1.82, 2.24) is 9.80 Å². The molecule has 1 saturated heterocycles. The Kier molecular flexibility index (Phi) is 3.59. The standard InChI is InChI=1S/C12H21N3O/c1-9-8-14(5)10(6-7-13)11(16)15(9)12(2,3)4/h9-10H,6,8H2,1-5H3. The molecule has 0 saturated carbocycles. The van der Waals surface area contributed by atoms with Crippen molar-refractivity contribution in [2.45, 2.75) is 51.7 Å². The maximum absolute atomic E-state index is 12.3. The maximum atomic E-state index is 12.3. The van der Waals surface area contributed by atoms with Crippen molar-refractivity contribution in [2.75, 3.05) is 13.6 Å². The maximum Gasteiger partial charge on any atom is 0.241 e. The number of likely N-dealkylation sites (N-methyl/N-ethyl adjacent to an activating group) is 1. The highest BCUT2D eigenvalue weighted by molar-refractivity contribution is 5.84. The summed E-state index contributed by atoms with van der Waals surface area (Å²) in [5.74, 6) is 0.0790. The van der Waals surface area contributed by atoms with Crippen LogP contribution in [0.1, 0.15) is 34.1 Å². The average Bonchev–Trinajstić information content (AvgIpc) is 2.09. The zero-order valence-corrected chi connectivity index (χ0v) is 10.8. The van der Waals surface area contributed by atoms with Gasteiger partial charge in [-0.2, -0.15) is 5.26 Å². The topological polar surface area (TPSA) is 47.3 Å². The second-order valence-electron chi connectivity index (χ2n) is 5.55. The molecule has 0 aromatic heterocycles. The number of nitrogens with zero attached hydrogens (tertiary/aromatic N) is 3. The molecule has 4 heteroatoms. The monoisotopic (exact) mass is 223 g/mol. The lowest BCUT2D eigenvalue weighted by molar-refractivity contribution is -0.151. The van der Waals surface area contributed by atoms with Gasteiger partial charge >= 0.3 is 0 Å². The molecule has 0 spiro atoms. The molecule has 4 nitrogen and oxygen atoms in total. The zero-order chi connectivity index (χ0) is 12.5. The molecule has 1 heterocycles. The first kappa shape index (κ1) is 13.0. The quantitative estimate of drug-likeness (QED) is 0.671. The third-order valence-electron chi connectivity index (χ3n) is 3.05. The highest BCUT2D eigenvalue weighted by atomic mass is 16.2. The predicted molar refractivity (Wildman–Crippen MR) is 62.7 cm³/mol. The minimum atomic E-state index is -0.277. The SMILES string of the molecule is CC1CN(C)C(CC#N)C(=O)N1C(C)(C)C. The molecule has 0 aromatic carbocycles. The summed E-state index contributed by atoms with van der Waals surface area (Å²) in [7, 11) is 1.91. The third-order valence-corrected chi connectivity index (χ3v) is 3.05. The molecule has 90 valence electrons. The van der Waals surface area contributed by atoms with Crippen molar-refractivity contribution in [2.24, 2.45) is 0 Å². The van der Waals surface area contributed by atoms with E-state index in [4.69, 9.17) is 5.26 Å². The lowest BCUT2D eigenvalue weighted by Crippen LogP contribution is -2.64. The predicted octanol–water partition coefficient (Wildman–Crippen LogP) is 1.23. The Hall–Kier alpha value is -1.08. The van der Waals surface area contributed by atoms with Crippen LogP contribution < -0.4 is 0 Å². The van der Waals surface area contributed by atoms with Crippen LogP contribution in [-0.2, 0) is 4.79 Å². The van der Waals surface area contributed by atoms with Gasteiger partial charge in [0.1, 0.15) is 6.04 Å². The van der Waals surface area contributed by atoms with Gasteiger partial charge in [0.25, 0.3) is 0 Å². The molecular formula is C12H21N3O. The Morgan fingerprint density at radius 2 is 2.06 bits per heavy atom. The van der Waals surface area contributed by atoms with E-state index in [1.54, 1.807) is 0 Å². The van der Waals surface area contributed by atoms with E-state index in [0.29, 0.717) is 0 Å². The number of carbonyl (C=O) groups is 1. The summed E-state index contributed by atoms with van der Waals surface area (Å²) in [5, 5.41) is 8.76. The van der Waals surface area contributed by atoms with Gasteiger partial charge in [0.05, 0.1) is 12.5 Å². The fourth-order valence-corrected chi connectivity index (χ4v) is 2.51. The summed E-state index contributed by atoms with van der Waals surface area (Å²) in [6, 6.07) is 2.02. The number of amides is 1. The number of rotatable bonds is 1. The number of hydrogen-bond donors (Lipinski definition) is 0. The molecule has 1 aliphatic rings. The number of carbonyl (C=O) groups excluding carboxylic acids is 1. The summed E-state index contributed by atoms with van der Waals surface area (Å²) in [4.78, 5) is 16.2. The lowest BCUT2D eigenvalue weighted by Gasteiger charge is -2.48. The molecule has 2 atom stereocenters. The van der Waals surface area contributed by atoms with Crippen LogP contribution in [0.4, 0.5) is 0 Å². The first-order valence-electron chi connectivity index (χ1n) is 5.69. The van der Waals surface area contributed by atoms with Crippen LogP contribution in [0.15, 0.2) is 0 Å². The van der Waals surface area contributed by atoms with Crippen LogP contribution in [0.25, 0.3) is 0 Å². The van der Waals surface area contributed by atoms with Gasteiger partial charge in [-0.05, 0) is 34.7 Å².